The maximum atomic E-state index is 12.6. The third kappa shape index (κ3) is 3.13. The van der Waals surface area contributed by atoms with Gasteiger partial charge in [-0.2, -0.15) is 0 Å². The molecule has 1 aliphatic heterocycles. The third-order valence-corrected chi connectivity index (χ3v) is 3.76. The molecule has 1 aromatic rings. The summed E-state index contributed by atoms with van der Waals surface area (Å²) in [6.45, 7) is 2.45. The van der Waals surface area contributed by atoms with E-state index >= 15 is 0 Å². The molecule has 7 nitrogen and oxygen atoms in total. The fourth-order valence-corrected chi connectivity index (χ4v) is 2.41. The van der Waals surface area contributed by atoms with Gasteiger partial charge in [-0.25, -0.2) is 0 Å². The zero-order valence-electron chi connectivity index (χ0n) is 12.0. The molecule has 1 amide bonds. The van der Waals surface area contributed by atoms with Crippen LogP contribution in [-0.2, 0) is 0 Å². The van der Waals surface area contributed by atoms with Gasteiger partial charge >= 0.3 is 0 Å². The average molecular weight is 294 g/mol. The van der Waals surface area contributed by atoms with Crippen LogP contribution >= 0.6 is 0 Å². The molecule has 0 spiro atoms. The number of amides is 1. The van der Waals surface area contributed by atoms with Crippen molar-refractivity contribution in [2.45, 2.75) is 25.4 Å². The molecule has 7 heteroatoms. The predicted molar refractivity (Wildman–Crippen MR) is 75.4 cm³/mol. The highest BCUT2D eigenvalue weighted by atomic mass is 16.6. The molecule has 0 aromatic heterocycles. The quantitative estimate of drug-likeness (QED) is 0.675. The van der Waals surface area contributed by atoms with Gasteiger partial charge in [-0.1, -0.05) is 6.07 Å². The number of nitro groups is 1. The highest BCUT2D eigenvalue weighted by molar-refractivity contribution is 6.01. The summed E-state index contributed by atoms with van der Waals surface area (Å²) in [5, 5.41) is 21.0. The molecule has 0 bridgehead atoms. The van der Waals surface area contributed by atoms with Gasteiger partial charge in [-0.05, 0) is 25.8 Å². The van der Waals surface area contributed by atoms with Crippen molar-refractivity contribution in [1.29, 1.82) is 0 Å². The summed E-state index contributed by atoms with van der Waals surface area (Å²) in [4.78, 5) is 24.6. The molecule has 1 aliphatic rings. The van der Waals surface area contributed by atoms with Crippen LogP contribution < -0.4 is 4.74 Å². The Labute approximate surface area is 122 Å². The summed E-state index contributed by atoms with van der Waals surface area (Å²) < 4.78 is 5.09. The van der Waals surface area contributed by atoms with Crippen LogP contribution in [-0.4, -0.2) is 46.6 Å². The van der Waals surface area contributed by atoms with E-state index in [1.54, 1.807) is 6.92 Å². The maximum Gasteiger partial charge on any atom is 0.285 e. The summed E-state index contributed by atoms with van der Waals surface area (Å²) in [6.07, 6.45) is 0.892. The molecule has 1 heterocycles. The number of nitro benzene ring substituents is 1. The highest BCUT2D eigenvalue weighted by Gasteiger charge is 2.34. The number of likely N-dealkylation sites (tertiary alicyclic amines) is 1. The molecule has 2 rings (SSSR count). The molecule has 0 unspecified atom stereocenters. The van der Waals surface area contributed by atoms with Gasteiger partial charge in [0.1, 0.15) is 5.75 Å². The second-order valence-electron chi connectivity index (χ2n) is 5.40. The van der Waals surface area contributed by atoms with E-state index in [9.17, 15) is 20.0 Å². The van der Waals surface area contributed by atoms with E-state index in [4.69, 9.17) is 4.74 Å². The Morgan fingerprint density at radius 3 is 2.57 bits per heavy atom. The van der Waals surface area contributed by atoms with Gasteiger partial charge < -0.3 is 14.7 Å². The number of rotatable bonds is 3. The van der Waals surface area contributed by atoms with E-state index in [0.717, 1.165) is 0 Å². The number of methoxy groups -OCH3 is 1. The second-order valence-corrected chi connectivity index (χ2v) is 5.40. The first-order valence-electron chi connectivity index (χ1n) is 6.69. The number of nitrogens with zero attached hydrogens (tertiary/aromatic N) is 2. The lowest BCUT2D eigenvalue weighted by Crippen LogP contribution is -2.45. The van der Waals surface area contributed by atoms with Crippen molar-refractivity contribution in [3.63, 3.8) is 0 Å². The largest absolute Gasteiger partial charge is 0.496 e. The van der Waals surface area contributed by atoms with Crippen LogP contribution in [0.25, 0.3) is 0 Å². The van der Waals surface area contributed by atoms with Gasteiger partial charge in [0, 0.05) is 19.2 Å². The van der Waals surface area contributed by atoms with Crippen LogP contribution in [0.15, 0.2) is 18.2 Å². The lowest BCUT2D eigenvalue weighted by atomic mass is 9.93. The molecule has 114 valence electrons. The van der Waals surface area contributed by atoms with E-state index in [-0.39, 0.29) is 17.0 Å². The summed E-state index contributed by atoms with van der Waals surface area (Å²) in [5.41, 5.74) is -1.09. The van der Waals surface area contributed by atoms with Gasteiger partial charge in [0.05, 0.1) is 17.6 Å². The molecule has 1 fully saturated rings. The lowest BCUT2D eigenvalue weighted by Gasteiger charge is -2.35. The SMILES string of the molecule is COc1cccc([N+](=O)[O-])c1C(=O)N1CCC(C)(O)CC1. The second kappa shape index (κ2) is 5.69. The van der Waals surface area contributed by atoms with Crippen LogP contribution in [0.4, 0.5) is 5.69 Å². The Morgan fingerprint density at radius 1 is 1.43 bits per heavy atom. The number of benzene rings is 1. The number of piperidine rings is 1. The smallest absolute Gasteiger partial charge is 0.285 e. The first-order chi connectivity index (χ1) is 9.85. The third-order valence-electron chi connectivity index (χ3n) is 3.76. The fourth-order valence-electron chi connectivity index (χ4n) is 2.41. The Hall–Kier alpha value is -2.15. The van der Waals surface area contributed by atoms with Gasteiger partial charge in [0.2, 0.25) is 0 Å². The standard InChI is InChI=1S/C14H18N2O5/c1-14(18)6-8-15(9-7-14)13(17)12-10(16(19)20)4-3-5-11(12)21-2/h3-5,18H,6-9H2,1-2H3. The molecule has 0 aliphatic carbocycles. The molecule has 1 N–H and O–H groups in total. The average Bonchev–Trinajstić information content (AvgIpc) is 2.45. The van der Waals surface area contributed by atoms with Crippen molar-refractivity contribution in [1.82, 2.24) is 4.90 Å². The van der Waals surface area contributed by atoms with Crippen LogP contribution in [0.3, 0.4) is 0 Å². The molecule has 0 saturated carbocycles. The monoisotopic (exact) mass is 294 g/mol. The van der Waals surface area contributed by atoms with Crippen LogP contribution in [0.5, 0.6) is 5.75 Å². The van der Waals surface area contributed by atoms with Gasteiger partial charge in [0.25, 0.3) is 11.6 Å². The molecule has 1 saturated heterocycles. The number of hydrogen-bond donors (Lipinski definition) is 1. The highest BCUT2D eigenvalue weighted by Crippen LogP contribution is 2.31. The Bertz CT molecular complexity index is 560. The summed E-state index contributed by atoms with van der Waals surface area (Å²) in [5.74, 6) is -0.249. The first-order valence-corrected chi connectivity index (χ1v) is 6.69. The minimum Gasteiger partial charge on any atom is -0.496 e. The minimum atomic E-state index is -0.788. The van der Waals surface area contributed by atoms with Crippen molar-refractivity contribution in [2.24, 2.45) is 0 Å². The van der Waals surface area contributed by atoms with Crippen molar-refractivity contribution < 1.29 is 19.6 Å². The minimum absolute atomic E-state index is 0.0356. The van der Waals surface area contributed by atoms with Gasteiger partial charge in [-0.3, -0.25) is 14.9 Å². The van der Waals surface area contributed by atoms with Crippen LogP contribution in [0.1, 0.15) is 30.1 Å². The Kier molecular flexibility index (Phi) is 4.13. The maximum absolute atomic E-state index is 12.6. The topological polar surface area (TPSA) is 92.9 Å². The van der Waals surface area contributed by atoms with Crippen molar-refractivity contribution >= 4 is 11.6 Å². The summed E-state index contributed by atoms with van der Waals surface area (Å²) in [7, 11) is 1.37. The lowest BCUT2D eigenvalue weighted by molar-refractivity contribution is -0.385. The zero-order valence-corrected chi connectivity index (χ0v) is 12.0. The molecule has 1 aromatic carbocycles. The first kappa shape index (κ1) is 15.2. The summed E-state index contributed by atoms with van der Waals surface area (Å²) >= 11 is 0. The number of aliphatic hydroxyl groups is 1. The zero-order chi connectivity index (χ0) is 15.6. The van der Waals surface area contributed by atoms with Crippen molar-refractivity contribution in [3.8, 4) is 5.75 Å². The number of hydrogen-bond acceptors (Lipinski definition) is 5. The molecule has 0 radical (unpaired) electrons. The Balaban J connectivity index is 2.33. The summed E-state index contributed by atoms with van der Waals surface area (Å²) in [6, 6.07) is 4.30. The van der Waals surface area contributed by atoms with E-state index in [1.807, 2.05) is 0 Å². The molecular formula is C14H18N2O5. The van der Waals surface area contributed by atoms with Crippen molar-refractivity contribution in [2.75, 3.05) is 20.2 Å². The molecule has 21 heavy (non-hydrogen) atoms. The number of ether oxygens (including phenoxy) is 1. The number of carbonyl (C=O) groups is 1. The van der Waals surface area contributed by atoms with Crippen molar-refractivity contribution in [3.05, 3.63) is 33.9 Å². The normalized spacial score (nSPS) is 17.4. The van der Waals surface area contributed by atoms with E-state index < -0.39 is 16.4 Å². The predicted octanol–water partition coefficient (Wildman–Crippen LogP) is 1.59. The van der Waals surface area contributed by atoms with Gasteiger partial charge in [0.15, 0.2) is 5.56 Å². The fraction of sp³-hybridized carbons (Fsp3) is 0.500. The Morgan fingerprint density at radius 2 is 2.05 bits per heavy atom. The van der Waals surface area contributed by atoms with Crippen LogP contribution in [0.2, 0.25) is 0 Å². The van der Waals surface area contributed by atoms with Crippen LogP contribution in [0, 0.1) is 10.1 Å². The van der Waals surface area contributed by atoms with E-state index in [0.29, 0.717) is 25.9 Å². The number of carbonyl (C=O) groups excluding carboxylic acids is 1. The molecule has 0 atom stereocenters. The van der Waals surface area contributed by atoms with E-state index in [1.165, 1.54) is 30.2 Å². The van der Waals surface area contributed by atoms with Gasteiger partial charge in [-0.15, -0.1) is 0 Å². The molecular weight excluding hydrogens is 276 g/mol. The van der Waals surface area contributed by atoms with E-state index in [2.05, 4.69) is 0 Å².